The number of anilines is 1. The van der Waals surface area contributed by atoms with E-state index in [0.717, 1.165) is 12.8 Å². The first-order valence-corrected chi connectivity index (χ1v) is 6.14. The number of benzene rings is 1. The number of rotatable bonds is 4. The lowest BCUT2D eigenvalue weighted by Crippen LogP contribution is -2.22. The minimum atomic E-state index is -0.973. The molecule has 1 amide bonds. The zero-order valence-electron chi connectivity index (χ0n) is 10.6. The van der Waals surface area contributed by atoms with Gasteiger partial charge in [0, 0.05) is 11.6 Å². The molecule has 1 atom stereocenters. The van der Waals surface area contributed by atoms with E-state index in [9.17, 15) is 9.59 Å². The number of carboxylic acids is 1. The summed E-state index contributed by atoms with van der Waals surface area (Å²) in [7, 11) is 0. The highest BCUT2D eigenvalue weighted by molar-refractivity contribution is 5.97. The summed E-state index contributed by atoms with van der Waals surface area (Å²) in [6.45, 7) is 3.63. The molecule has 96 valence electrons. The molecular weight excluding hydrogens is 230 g/mol. The Labute approximate surface area is 106 Å². The Morgan fingerprint density at radius 2 is 2.06 bits per heavy atom. The van der Waals surface area contributed by atoms with Crippen LogP contribution in [0.2, 0.25) is 0 Å². The Morgan fingerprint density at radius 1 is 1.39 bits per heavy atom. The van der Waals surface area contributed by atoms with Gasteiger partial charge >= 0.3 is 5.97 Å². The summed E-state index contributed by atoms with van der Waals surface area (Å²) in [5.74, 6) is -0.507. The summed E-state index contributed by atoms with van der Waals surface area (Å²) in [5, 5.41) is 11.8. The zero-order chi connectivity index (χ0) is 13.3. The molecule has 0 aliphatic heterocycles. The van der Waals surface area contributed by atoms with Crippen molar-refractivity contribution in [2.75, 3.05) is 5.32 Å². The Hall–Kier alpha value is -1.84. The average Bonchev–Trinajstić information content (AvgIpc) is 3.14. The fourth-order valence-corrected chi connectivity index (χ4v) is 2.06. The van der Waals surface area contributed by atoms with E-state index in [4.69, 9.17) is 5.11 Å². The molecule has 0 radical (unpaired) electrons. The van der Waals surface area contributed by atoms with Gasteiger partial charge < -0.3 is 10.4 Å². The van der Waals surface area contributed by atoms with Crippen LogP contribution in [0.1, 0.15) is 35.7 Å². The predicted molar refractivity (Wildman–Crippen MR) is 68.7 cm³/mol. The summed E-state index contributed by atoms with van der Waals surface area (Å²) in [5.41, 5.74) is 1.42. The van der Waals surface area contributed by atoms with E-state index in [2.05, 4.69) is 5.32 Å². The molecule has 18 heavy (non-hydrogen) atoms. The largest absolute Gasteiger partial charge is 0.478 e. The van der Waals surface area contributed by atoms with Gasteiger partial charge in [0.15, 0.2) is 0 Å². The van der Waals surface area contributed by atoms with E-state index < -0.39 is 5.97 Å². The van der Waals surface area contributed by atoms with Crippen molar-refractivity contribution in [1.82, 2.24) is 0 Å². The molecule has 0 bridgehead atoms. The molecule has 0 heterocycles. The summed E-state index contributed by atoms with van der Waals surface area (Å²) < 4.78 is 0. The van der Waals surface area contributed by atoms with Gasteiger partial charge in [0.25, 0.3) is 0 Å². The molecule has 0 spiro atoms. The molecule has 1 saturated carbocycles. The molecule has 1 aliphatic rings. The molecule has 1 aliphatic carbocycles. The summed E-state index contributed by atoms with van der Waals surface area (Å²) in [6.07, 6.45) is 2.23. The molecule has 2 rings (SSSR count). The number of carboxylic acid groups (broad SMARTS) is 1. The first-order chi connectivity index (χ1) is 8.50. The maximum atomic E-state index is 12.0. The Balaban J connectivity index is 2.16. The van der Waals surface area contributed by atoms with Crippen molar-refractivity contribution in [3.63, 3.8) is 0 Å². The Bertz CT molecular complexity index is 492. The highest BCUT2D eigenvalue weighted by atomic mass is 16.4. The van der Waals surface area contributed by atoms with Gasteiger partial charge in [-0.2, -0.15) is 0 Å². The fourth-order valence-electron chi connectivity index (χ4n) is 2.06. The minimum absolute atomic E-state index is 0.00196. The van der Waals surface area contributed by atoms with E-state index in [1.807, 2.05) is 6.92 Å². The van der Waals surface area contributed by atoms with Crippen LogP contribution in [-0.4, -0.2) is 17.0 Å². The van der Waals surface area contributed by atoms with Crippen LogP contribution in [0.3, 0.4) is 0 Å². The van der Waals surface area contributed by atoms with E-state index >= 15 is 0 Å². The standard InChI is InChI=1S/C14H17NO3/c1-8(10-6-7-10)13(16)15-12-5-3-4-11(9(12)2)14(17)18/h3-5,8,10H,6-7H2,1-2H3,(H,15,16)(H,17,18). The molecule has 1 unspecified atom stereocenters. The number of carbonyl (C=O) groups is 2. The Kier molecular flexibility index (Phi) is 3.36. The lowest BCUT2D eigenvalue weighted by molar-refractivity contribution is -0.119. The lowest BCUT2D eigenvalue weighted by Gasteiger charge is -2.14. The summed E-state index contributed by atoms with van der Waals surface area (Å²) >= 11 is 0. The normalized spacial score (nSPS) is 16.1. The lowest BCUT2D eigenvalue weighted by atomic mass is 10.0. The number of aromatic carboxylic acids is 1. The van der Waals surface area contributed by atoms with Crippen molar-refractivity contribution in [2.45, 2.75) is 26.7 Å². The van der Waals surface area contributed by atoms with Crippen molar-refractivity contribution in [3.05, 3.63) is 29.3 Å². The van der Waals surface area contributed by atoms with Crippen LogP contribution in [0, 0.1) is 18.8 Å². The summed E-state index contributed by atoms with van der Waals surface area (Å²) in [4.78, 5) is 23.0. The van der Waals surface area contributed by atoms with Crippen LogP contribution in [0.5, 0.6) is 0 Å². The number of amides is 1. The van der Waals surface area contributed by atoms with Gasteiger partial charge in [-0.3, -0.25) is 4.79 Å². The molecule has 0 aromatic heterocycles. The fraction of sp³-hybridized carbons (Fsp3) is 0.429. The van der Waals surface area contributed by atoms with Gasteiger partial charge in [0.05, 0.1) is 5.56 Å². The maximum absolute atomic E-state index is 12.0. The van der Waals surface area contributed by atoms with E-state index in [0.29, 0.717) is 17.2 Å². The van der Waals surface area contributed by atoms with Crippen molar-refractivity contribution >= 4 is 17.6 Å². The number of hydrogen-bond acceptors (Lipinski definition) is 2. The van der Waals surface area contributed by atoms with Gasteiger partial charge in [-0.1, -0.05) is 13.0 Å². The Morgan fingerprint density at radius 3 is 2.61 bits per heavy atom. The van der Waals surface area contributed by atoms with Crippen LogP contribution < -0.4 is 5.32 Å². The van der Waals surface area contributed by atoms with Crippen molar-refractivity contribution < 1.29 is 14.7 Å². The molecular formula is C14H17NO3. The van der Waals surface area contributed by atoms with Gasteiger partial charge in [-0.15, -0.1) is 0 Å². The van der Waals surface area contributed by atoms with Gasteiger partial charge in [-0.05, 0) is 43.4 Å². The maximum Gasteiger partial charge on any atom is 0.336 e. The molecule has 1 aromatic rings. The van der Waals surface area contributed by atoms with Crippen molar-refractivity contribution in [2.24, 2.45) is 11.8 Å². The van der Waals surface area contributed by atoms with Crippen LogP contribution in [0.15, 0.2) is 18.2 Å². The van der Waals surface area contributed by atoms with E-state index in [1.54, 1.807) is 19.1 Å². The van der Waals surface area contributed by atoms with Crippen LogP contribution >= 0.6 is 0 Å². The SMILES string of the molecule is Cc1c(NC(=O)C(C)C2CC2)cccc1C(=O)O. The van der Waals surface area contributed by atoms with Gasteiger partial charge in [0.1, 0.15) is 0 Å². The second kappa shape index (κ2) is 4.80. The van der Waals surface area contributed by atoms with E-state index in [1.165, 1.54) is 6.07 Å². The predicted octanol–water partition coefficient (Wildman–Crippen LogP) is 2.68. The smallest absolute Gasteiger partial charge is 0.336 e. The third kappa shape index (κ3) is 2.53. The average molecular weight is 247 g/mol. The first kappa shape index (κ1) is 12.6. The number of nitrogens with one attached hydrogen (secondary N) is 1. The van der Waals surface area contributed by atoms with Gasteiger partial charge in [0.2, 0.25) is 5.91 Å². The summed E-state index contributed by atoms with van der Waals surface area (Å²) in [6, 6.07) is 4.92. The quantitative estimate of drug-likeness (QED) is 0.859. The molecule has 2 N–H and O–H groups in total. The van der Waals surface area contributed by atoms with Gasteiger partial charge in [-0.25, -0.2) is 4.79 Å². The molecule has 4 nitrogen and oxygen atoms in total. The van der Waals surface area contributed by atoms with Crippen LogP contribution in [0.4, 0.5) is 5.69 Å². The van der Waals surface area contributed by atoms with Crippen LogP contribution in [0.25, 0.3) is 0 Å². The minimum Gasteiger partial charge on any atom is -0.478 e. The van der Waals surface area contributed by atoms with Crippen molar-refractivity contribution in [1.29, 1.82) is 0 Å². The number of carbonyl (C=O) groups excluding carboxylic acids is 1. The number of hydrogen-bond donors (Lipinski definition) is 2. The zero-order valence-corrected chi connectivity index (χ0v) is 10.6. The van der Waals surface area contributed by atoms with E-state index in [-0.39, 0.29) is 17.4 Å². The second-order valence-corrected chi connectivity index (χ2v) is 4.90. The second-order valence-electron chi connectivity index (χ2n) is 4.90. The third-order valence-electron chi connectivity index (χ3n) is 3.56. The highest BCUT2D eigenvalue weighted by Crippen LogP contribution is 2.37. The molecule has 4 heteroatoms. The molecule has 0 saturated heterocycles. The monoisotopic (exact) mass is 247 g/mol. The molecule has 1 fully saturated rings. The third-order valence-corrected chi connectivity index (χ3v) is 3.56. The van der Waals surface area contributed by atoms with Crippen LogP contribution in [-0.2, 0) is 4.79 Å². The highest BCUT2D eigenvalue weighted by Gasteiger charge is 2.32. The topological polar surface area (TPSA) is 66.4 Å². The molecule has 1 aromatic carbocycles. The first-order valence-electron chi connectivity index (χ1n) is 6.14. The van der Waals surface area contributed by atoms with Crippen molar-refractivity contribution in [3.8, 4) is 0 Å².